The van der Waals surface area contributed by atoms with Crippen molar-refractivity contribution in [1.29, 1.82) is 0 Å². The van der Waals surface area contributed by atoms with Gasteiger partial charge in [0.1, 0.15) is 17.0 Å². The molecule has 25 heavy (non-hydrogen) atoms. The molecule has 0 atom stereocenters. The van der Waals surface area contributed by atoms with E-state index in [4.69, 9.17) is 9.47 Å². The molecule has 9 heteroatoms. The molecule has 1 fully saturated rings. The third-order valence-electron chi connectivity index (χ3n) is 3.32. The largest absolute Gasteiger partial charge is 0.462 e. The third-order valence-corrected chi connectivity index (χ3v) is 3.88. The van der Waals surface area contributed by atoms with Gasteiger partial charge in [-0.05, 0) is 34.0 Å². The molecule has 1 aliphatic rings. The van der Waals surface area contributed by atoms with Crippen LogP contribution in [-0.2, 0) is 9.47 Å². The summed E-state index contributed by atoms with van der Waals surface area (Å²) in [6.07, 6.45) is 2.98. The summed E-state index contributed by atoms with van der Waals surface area (Å²) in [6.45, 7) is 8.47. The molecule has 0 spiro atoms. The highest BCUT2D eigenvalue weighted by atomic mass is 32.2. The summed E-state index contributed by atoms with van der Waals surface area (Å²) in [5.41, 5.74) is -0.234. The van der Waals surface area contributed by atoms with Gasteiger partial charge in [-0.3, -0.25) is 0 Å². The molecule has 2 rings (SSSR count). The molecule has 8 nitrogen and oxygen atoms in total. The van der Waals surface area contributed by atoms with E-state index in [0.29, 0.717) is 24.1 Å². The maximum atomic E-state index is 12.0. The number of rotatable bonds is 5. The molecule has 1 aromatic heterocycles. The van der Waals surface area contributed by atoms with Gasteiger partial charge < -0.3 is 19.7 Å². The van der Waals surface area contributed by atoms with E-state index in [2.05, 4.69) is 15.3 Å². The fourth-order valence-electron chi connectivity index (χ4n) is 2.17. The van der Waals surface area contributed by atoms with Crippen LogP contribution in [0, 0.1) is 0 Å². The van der Waals surface area contributed by atoms with Crippen molar-refractivity contribution in [2.75, 3.05) is 31.3 Å². The molecule has 1 aliphatic heterocycles. The van der Waals surface area contributed by atoms with E-state index in [0.717, 1.165) is 0 Å². The van der Waals surface area contributed by atoms with Crippen molar-refractivity contribution in [2.24, 2.45) is 0 Å². The summed E-state index contributed by atoms with van der Waals surface area (Å²) in [6, 6.07) is -0.00898. The number of esters is 1. The lowest BCUT2D eigenvalue weighted by Crippen LogP contribution is -2.58. The molecule has 0 aromatic carbocycles. The quantitative estimate of drug-likeness (QED) is 0.481. The molecule has 138 valence electrons. The number of anilines is 1. The smallest absolute Gasteiger partial charge is 0.410 e. The molecule has 0 radical (unpaired) electrons. The van der Waals surface area contributed by atoms with Gasteiger partial charge in [-0.25, -0.2) is 19.6 Å². The van der Waals surface area contributed by atoms with E-state index >= 15 is 0 Å². The molecule has 0 saturated carbocycles. The summed E-state index contributed by atoms with van der Waals surface area (Å²) in [7, 11) is 0. The average molecular weight is 368 g/mol. The lowest BCUT2D eigenvalue weighted by molar-refractivity contribution is 0.0104. The van der Waals surface area contributed by atoms with Crippen LogP contribution in [0.3, 0.4) is 0 Å². The van der Waals surface area contributed by atoms with Gasteiger partial charge >= 0.3 is 12.1 Å². The second-order valence-corrected chi connectivity index (χ2v) is 7.34. The lowest BCUT2D eigenvalue weighted by atomic mass is 10.1. The van der Waals surface area contributed by atoms with Gasteiger partial charge in [0.15, 0.2) is 5.16 Å². The van der Waals surface area contributed by atoms with Crippen molar-refractivity contribution < 1.29 is 19.1 Å². The van der Waals surface area contributed by atoms with Crippen molar-refractivity contribution in [3.05, 3.63) is 11.8 Å². The van der Waals surface area contributed by atoms with Crippen LogP contribution in [0.15, 0.2) is 11.4 Å². The topological polar surface area (TPSA) is 93.6 Å². The number of thioether (sulfide) groups is 1. The number of carbonyl (C=O) groups is 2. The van der Waals surface area contributed by atoms with Crippen molar-refractivity contribution in [2.45, 2.75) is 44.5 Å². The van der Waals surface area contributed by atoms with Crippen LogP contribution in [-0.4, -0.2) is 64.5 Å². The highest BCUT2D eigenvalue weighted by molar-refractivity contribution is 7.98. The molecule has 0 bridgehead atoms. The fourth-order valence-corrected chi connectivity index (χ4v) is 2.51. The van der Waals surface area contributed by atoms with Crippen LogP contribution in [0.5, 0.6) is 0 Å². The first-order chi connectivity index (χ1) is 11.7. The number of carbonyl (C=O) groups excluding carboxylic acids is 2. The van der Waals surface area contributed by atoms with Crippen molar-refractivity contribution in [1.82, 2.24) is 14.9 Å². The van der Waals surface area contributed by atoms with E-state index in [9.17, 15) is 9.59 Å². The van der Waals surface area contributed by atoms with E-state index in [-0.39, 0.29) is 24.3 Å². The van der Waals surface area contributed by atoms with Crippen LogP contribution in [0.1, 0.15) is 38.1 Å². The molecule has 1 amide bonds. The van der Waals surface area contributed by atoms with Crippen molar-refractivity contribution in [3.63, 3.8) is 0 Å². The van der Waals surface area contributed by atoms with Crippen LogP contribution < -0.4 is 5.32 Å². The van der Waals surface area contributed by atoms with E-state index < -0.39 is 11.6 Å². The first-order valence-corrected chi connectivity index (χ1v) is 9.28. The monoisotopic (exact) mass is 368 g/mol. The van der Waals surface area contributed by atoms with Crippen molar-refractivity contribution in [3.8, 4) is 0 Å². The zero-order valence-corrected chi connectivity index (χ0v) is 16.0. The number of nitrogens with one attached hydrogen (secondary N) is 1. The normalized spacial score (nSPS) is 14.7. The van der Waals surface area contributed by atoms with Crippen LogP contribution >= 0.6 is 11.8 Å². The zero-order valence-electron chi connectivity index (χ0n) is 15.2. The number of amides is 1. The molecular weight excluding hydrogens is 344 g/mol. The third kappa shape index (κ3) is 5.22. The standard InChI is InChI=1S/C16H24N4O4S/c1-6-23-13(21)11-7-17-14(25-5)19-12(11)18-10-8-20(9-10)15(22)24-16(2,3)4/h7,10H,6,8-9H2,1-5H3,(H,17,18,19). The van der Waals surface area contributed by atoms with Crippen LogP contribution in [0.4, 0.5) is 10.6 Å². The Morgan fingerprint density at radius 2 is 2.08 bits per heavy atom. The number of hydrogen-bond donors (Lipinski definition) is 1. The molecule has 1 saturated heterocycles. The molecule has 0 aliphatic carbocycles. The Bertz CT molecular complexity index is 642. The summed E-state index contributed by atoms with van der Waals surface area (Å²) in [5, 5.41) is 3.75. The molecule has 1 N–H and O–H groups in total. The van der Waals surface area contributed by atoms with Gasteiger partial charge in [0, 0.05) is 19.3 Å². The SMILES string of the molecule is CCOC(=O)c1cnc(SC)nc1NC1CN(C(=O)OC(C)(C)C)C1. The van der Waals surface area contributed by atoms with Gasteiger partial charge in [-0.2, -0.15) is 0 Å². The van der Waals surface area contributed by atoms with E-state index in [1.807, 2.05) is 27.0 Å². The number of ether oxygens (including phenoxy) is 2. The summed E-state index contributed by atoms with van der Waals surface area (Å²) in [4.78, 5) is 34.1. The average Bonchev–Trinajstić information content (AvgIpc) is 2.48. The predicted molar refractivity (Wildman–Crippen MR) is 95.0 cm³/mol. The zero-order chi connectivity index (χ0) is 18.6. The highest BCUT2D eigenvalue weighted by Gasteiger charge is 2.34. The number of nitrogens with zero attached hydrogens (tertiary/aromatic N) is 3. The van der Waals surface area contributed by atoms with Crippen LogP contribution in [0.25, 0.3) is 0 Å². The van der Waals surface area contributed by atoms with Crippen LogP contribution in [0.2, 0.25) is 0 Å². The number of likely N-dealkylation sites (tertiary alicyclic amines) is 1. The van der Waals surface area contributed by atoms with E-state index in [1.165, 1.54) is 18.0 Å². The van der Waals surface area contributed by atoms with Gasteiger partial charge in [0.05, 0.1) is 12.6 Å². The lowest BCUT2D eigenvalue weighted by Gasteiger charge is -2.40. The second kappa shape index (κ2) is 7.90. The first kappa shape index (κ1) is 19.3. The minimum Gasteiger partial charge on any atom is -0.462 e. The van der Waals surface area contributed by atoms with Gasteiger partial charge in [-0.15, -0.1) is 0 Å². The fraction of sp³-hybridized carbons (Fsp3) is 0.625. The Hall–Kier alpha value is -2.03. The summed E-state index contributed by atoms with van der Waals surface area (Å²) in [5.74, 6) is -0.0485. The van der Waals surface area contributed by atoms with Gasteiger partial charge in [-0.1, -0.05) is 11.8 Å². The second-order valence-electron chi connectivity index (χ2n) is 6.57. The van der Waals surface area contributed by atoms with E-state index in [1.54, 1.807) is 11.8 Å². The molecular formula is C16H24N4O4S. The Balaban J connectivity index is 2.01. The Kier molecular flexibility index (Phi) is 6.10. The molecule has 1 aromatic rings. The Morgan fingerprint density at radius 1 is 1.40 bits per heavy atom. The minimum atomic E-state index is -0.521. The maximum absolute atomic E-state index is 12.0. The summed E-state index contributed by atoms with van der Waals surface area (Å²) >= 11 is 1.38. The first-order valence-electron chi connectivity index (χ1n) is 8.06. The predicted octanol–water partition coefficient (Wildman–Crippen LogP) is 2.41. The van der Waals surface area contributed by atoms with Gasteiger partial charge in [0.2, 0.25) is 0 Å². The Labute approximate surface area is 151 Å². The van der Waals surface area contributed by atoms with Gasteiger partial charge in [0.25, 0.3) is 0 Å². The minimum absolute atomic E-state index is 0.00898. The molecule has 2 heterocycles. The maximum Gasteiger partial charge on any atom is 0.410 e. The highest BCUT2D eigenvalue weighted by Crippen LogP contribution is 2.22. The van der Waals surface area contributed by atoms with Crippen molar-refractivity contribution >= 4 is 29.6 Å². The Morgan fingerprint density at radius 3 is 2.64 bits per heavy atom. The number of hydrogen-bond acceptors (Lipinski definition) is 8. The summed E-state index contributed by atoms with van der Waals surface area (Å²) < 4.78 is 10.4. The number of aromatic nitrogens is 2. The molecule has 0 unspecified atom stereocenters.